The van der Waals surface area contributed by atoms with Crippen LogP contribution in [0.1, 0.15) is 31.1 Å². The second kappa shape index (κ2) is 8.92. The molecule has 0 aromatic heterocycles. The number of aliphatic hydroxyl groups is 1. The predicted molar refractivity (Wildman–Crippen MR) is 96.9 cm³/mol. The summed E-state index contributed by atoms with van der Waals surface area (Å²) in [5.74, 6) is 0.993. The Morgan fingerprint density at radius 1 is 1.17 bits per heavy atom. The van der Waals surface area contributed by atoms with Gasteiger partial charge in [-0.25, -0.2) is 0 Å². The van der Waals surface area contributed by atoms with Crippen molar-refractivity contribution in [2.45, 2.75) is 32.6 Å². The Labute approximate surface area is 148 Å². The molecule has 4 nitrogen and oxygen atoms in total. The minimum Gasteiger partial charge on any atom is -0.493 e. The summed E-state index contributed by atoms with van der Waals surface area (Å²) in [5, 5.41) is 13.9. The van der Waals surface area contributed by atoms with Gasteiger partial charge in [0.05, 0.1) is 18.2 Å². The topological polar surface area (TPSA) is 50.7 Å². The summed E-state index contributed by atoms with van der Waals surface area (Å²) in [6.45, 7) is 4.90. The van der Waals surface area contributed by atoms with Crippen molar-refractivity contribution in [3.63, 3.8) is 0 Å². The average molecular weight is 350 g/mol. The normalized spacial score (nSPS) is 12.2. The van der Waals surface area contributed by atoms with Crippen LogP contribution in [0.5, 0.6) is 11.5 Å². The highest BCUT2D eigenvalue weighted by Gasteiger charge is 2.16. The lowest BCUT2D eigenvalue weighted by Gasteiger charge is -2.18. The largest absolute Gasteiger partial charge is 0.493 e. The Morgan fingerprint density at radius 2 is 1.88 bits per heavy atom. The molecule has 2 N–H and O–H groups in total. The maximum Gasteiger partial charge on any atom is 0.180 e. The SMILES string of the molecule is COc1cc(C(O)CNC(C)C)cc(Cl)c1OCc1ccccc1. The molecule has 0 aliphatic heterocycles. The van der Waals surface area contributed by atoms with Gasteiger partial charge in [0.1, 0.15) is 6.61 Å². The van der Waals surface area contributed by atoms with Gasteiger partial charge < -0.3 is 19.9 Å². The van der Waals surface area contributed by atoms with E-state index in [1.165, 1.54) is 0 Å². The average Bonchev–Trinajstić information content (AvgIpc) is 2.58. The van der Waals surface area contributed by atoms with Gasteiger partial charge in [-0.15, -0.1) is 0 Å². The first-order valence-electron chi connectivity index (χ1n) is 7.97. The number of methoxy groups -OCH3 is 1. The number of halogens is 1. The molecule has 0 aliphatic rings. The van der Waals surface area contributed by atoms with Crippen LogP contribution in [-0.2, 0) is 6.61 Å². The first-order valence-corrected chi connectivity index (χ1v) is 8.34. The molecule has 1 unspecified atom stereocenters. The van der Waals surface area contributed by atoms with E-state index in [0.717, 1.165) is 5.56 Å². The van der Waals surface area contributed by atoms with Crippen molar-refractivity contribution < 1.29 is 14.6 Å². The second-order valence-corrected chi connectivity index (χ2v) is 6.29. The summed E-state index contributed by atoms with van der Waals surface area (Å²) < 4.78 is 11.2. The molecule has 2 aromatic rings. The maximum absolute atomic E-state index is 10.3. The summed E-state index contributed by atoms with van der Waals surface area (Å²) in [6.07, 6.45) is -0.665. The number of nitrogens with one attached hydrogen (secondary N) is 1. The van der Waals surface area contributed by atoms with E-state index < -0.39 is 6.10 Å². The van der Waals surface area contributed by atoms with E-state index in [9.17, 15) is 5.11 Å². The van der Waals surface area contributed by atoms with E-state index in [2.05, 4.69) is 5.32 Å². The molecule has 130 valence electrons. The molecular formula is C19H24ClNO3. The molecule has 1 atom stereocenters. The van der Waals surface area contributed by atoms with Gasteiger partial charge in [0.2, 0.25) is 0 Å². The van der Waals surface area contributed by atoms with Crippen molar-refractivity contribution in [3.8, 4) is 11.5 Å². The van der Waals surface area contributed by atoms with Crippen LogP contribution in [0, 0.1) is 0 Å². The van der Waals surface area contributed by atoms with Crippen molar-refractivity contribution >= 4 is 11.6 Å². The highest BCUT2D eigenvalue weighted by atomic mass is 35.5. The Morgan fingerprint density at radius 3 is 2.50 bits per heavy atom. The number of rotatable bonds is 8. The molecule has 5 heteroatoms. The number of hydrogen-bond donors (Lipinski definition) is 2. The first kappa shape index (κ1) is 18.6. The fraction of sp³-hybridized carbons (Fsp3) is 0.368. The molecule has 0 fully saturated rings. The molecule has 2 rings (SSSR count). The van der Waals surface area contributed by atoms with Crippen molar-refractivity contribution in [3.05, 3.63) is 58.6 Å². The monoisotopic (exact) mass is 349 g/mol. The zero-order valence-electron chi connectivity index (χ0n) is 14.3. The molecular weight excluding hydrogens is 326 g/mol. The number of aliphatic hydroxyl groups excluding tert-OH is 1. The van der Waals surface area contributed by atoms with Crippen LogP contribution in [0.25, 0.3) is 0 Å². The number of benzene rings is 2. The quantitative estimate of drug-likeness (QED) is 0.757. The Hall–Kier alpha value is -1.75. The van der Waals surface area contributed by atoms with Crippen LogP contribution < -0.4 is 14.8 Å². The second-order valence-electron chi connectivity index (χ2n) is 5.89. The standard InChI is InChI=1S/C19H24ClNO3/c1-13(2)21-11-17(22)15-9-16(20)19(18(10-15)23-3)24-12-14-7-5-4-6-8-14/h4-10,13,17,21-22H,11-12H2,1-3H3. The predicted octanol–water partition coefficient (Wildman–Crippen LogP) is 3.96. The molecule has 0 radical (unpaired) electrons. The van der Waals surface area contributed by atoms with Crippen LogP contribution in [0.2, 0.25) is 5.02 Å². The van der Waals surface area contributed by atoms with Gasteiger partial charge in [0, 0.05) is 12.6 Å². The van der Waals surface area contributed by atoms with Crippen molar-refractivity contribution in [2.24, 2.45) is 0 Å². The van der Waals surface area contributed by atoms with Gasteiger partial charge in [-0.05, 0) is 23.3 Å². The summed E-state index contributed by atoms with van der Waals surface area (Å²) in [4.78, 5) is 0. The van der Waals surface area contributed by atoms with Crippen LogP contribution in [0.3, 0.4) is 0 Å². The van der Waals surface area contributed by atoms with Crippen molar-refractivity contribution in [2.75, 3.05) is 13.7 Å². The fourth-order valence-electron chi connectivity index (χ4n) is 2.27. The van der Waals surface area contributed by atoms with E-state index in [1.54, 1.807) is 19.2 Å². The third kappa shape index (κ3) is 5.13. The van der Waals surface area contributed by atoms with Gasteiger partial charge in [-0.2, -0.15) is 0 Å². The van der Waals surface area contributed by atoms with E-state index >= 15 is 0 Å². The molecule has 0 saturated heterocycles. The maximum atomic E-state index is 10.3. The van der Waals surface area contributed by atoms with Gasteiger partial charge >= 0.3 is 0 Å². The Bertz CT molecular complexity index is 647. The van der Waals surface area contributed by atoms with Crippen molar-refractivity contribution in [1.82, 2.24) is 5.32 Å². The lowest BCUT2D eigenvalue weighted by atomic mass is 10.1. The third-order valence-corrected chi connectivity index (χ3v) is 3.86. The zero-order valence-corrected chi connectivity index (χ0v) is 15.0. The summed E-state index contributed by atoms with van der Waals surface area (Å²) in [5.41, 5.74) is 1.73. The van der Waals surface area contributed by atoms with Gasteiger partial charge in [-0.3, -0.25) is 0 Å². The molecule has 0 heterocycles. The van der Waals surface area contributed by atoms with E-state index in [4.69, 9.17) is 21.1 Å². The molecule has 0 bridgehead atoms. The summed E-state index contributed by atoms with van der Waals surface area (Å²) >= 11 is 6.35. The van der Waals surface area contributed by atoms with Gasteiger partial charge in [-0.1, -0.05) is 55.8 Å². The van der Waals surface area contributed by atoms with Crippen molar-refractivity contribution in [1.29, 1.82) is 0 Å². The van der Waals surface area contributed by atoms with Crippen LogP contribution in [0.4, 0.5) is 0 Å². The Kier molecular flexibility index (Phi) is 6.91. The first-order chi connectivity index (χ1) is 11.5. The van der Waals surface area contributed by atoms with E-state index in [1.807, 2.05) is 44.2 Å². The molecule has 0 amide bonds. The molecule has 0 aliphatic carbocycles. The summed E-state index contributed by atoms with van der Waals surface area (Å²) in [7, 11) is 1.56. The van der Waals surface area contributed by atoms with Gasteiger partial charge in [0.25, 0.3) is 0 Å². The third-order valence-electron chi connectivity index (χ3n) is 3.58. The smallest absolute Gasteiger partial charge is 0.180 e. The van der Waals surface area contributed by atoms with Gasteiger partial charge in [0.15, 0.2) is 11.5 Å². The van der Waals surface area contributed by atoms with Crippen LogP contribution >= 0.6 is 11.6 Å². The molecule has 0 spiro atoms. The van der Waals surface area contributed by atoms with E-state index in [0.29, 0.717) is 41.3 Å². The fourth-order valence-corrected chi connectivity index (χ4v) is 2.54. The molecule has 0 saturated carbocycles. The molecule has 2 aromatic carbocycles. The summed E-state index contributed by atoms with van der Waals surface area (Å²) in [6, 6.07) is 13.6. The highest BCUT2D eigenvalue weighted by Crippen LogP contribution is 2.38. The Balaban J connectivity index is 2.14. The number of ether oxygens (including phenoxy) is 2. The van der Waals surface area contributed by atoms with Crippen LogP contribution in [-0.4, -0.2) is 24.8 Å². The van der Waals surface area contributed by atoms with Crippen LogP contribution in [0.15, 0.2) is 42.5 Å². The highest BCUT2D eigenvalue weighted by molar-refractivity contribution is 6.32. The lowest BCUT2D eigenvalue weighted by Crippen LogP contribution is -2.27. The lowest BCUT2D eigenvalue weighted by molar-refractivity contribution is 0.171. The van der Waals surface area contributed by atoms with E-state index in [-0.39, 0.29) is 0 Å². The number of hydrogen-bond acceptors (Lipinski definition) is 4. The zero-order chi connectivity index (χ0) is 17.5. The molecule has 24 heavy (non-hydrogen) atoms. The minimum atomic E-state index is -0.665. The minimum absolute atomic E-state index is 0.297.